The minimum Gasteiger partial charge on any atom is -0.489 e. The zero-order valence-corrected chi connectivity index (χ0v) is 69.2. The molecule has 12 heterocycles. The number of aliphatic imine (C=N–C) groups is 2. The number of nitrogens with two attached hydrogens (primary N) is 4. The fourth-order valence-electron chi connectivity index (χ4n) is 18.1. The van der Waals surface area contributed by atoms with Crippen molar-refractivity contribution in [2.75, 3.05) is 24.6 Å². The fraction of sp³-hybridized carbons (Fsp3) is 0.0495. The molecule has 13 N–H and O–H groups in total. The van der Waals surface area contributed by atoms with Crippen molar-refractivity contribution >= 4 is 230 Å². The van der Waals surface area contributed by atoms with Crippen LogP contribution in [0.2, 0.25) is 0 Å². The first kappa shape index (κ1) is 74.9. The van der Waals surface area contributed by atoms with Crippen LogP contribution in [-0.2, 0) is 19.4 Å². The van der Waals surface area contributed by atoms with E-state index in [9.17, 15) is 9.59 Å². The van der Waals surface area contributed by atoms with Crippen LogP contribution >= 0.6 is 31.9 Å². The lowest BCUT2D eigenvalue weighted by molar-refractivity contribution is -0.330. The summed E-state index contributed by atoms with van der Waals surface area (Å²) in [6.45, 7) is 0.375. The van der Waals surface area contributed by atoms with Crippen molar-refractivity contribution in [2.24, 2.45) is 21.5 Å². The van der Waals surface area contributed by atoms with E-state index in [0.717, 1.165) is 231 Å². The molecular weight excluding hydrogens is 1670 g/mol. The second kappa shape index (κ2) is 30.4. The van der Waals surface area contributed by atoms with Crippen LogP contribution in [0.4, 0.5) is 22.7 Å². The summed E-state index contributed by atoms with van der Waals surface area (Å²) in [4.78, 5) is 76.4. The van der Waals surface area contributed by atoms with Gasteiger partial charge < -0.3 is 47.6 Å². The van der Waals surface area contributed by atoms with Crippen LogP contribution in [0.3, 0.4) is 0 Å². The normalized spacial score (nSPS) is 12.5. The number of H-pyrrole nitrogens is 5. The monoisotopic (exact) mass is 1740 g/mol. The number of fused-ring (bicyclic) bond motifs is 28. The van der Waals surface area contributed by atoms with E-state index >= 15 is 0 Å². The molecule has 2 aliphatic heterocycles. The summed E-state index contributed by atoms with van der Waals surface area (Å²) in [5.41, 5.74) is 48.0. The number of halogens is 2. The summed E-state index contributed by atoms with van der Waals surface area (Å²) in [5.74, 6) is 1.90. The lowest BCUT2D eigenvalue weighted by Gasteiger charge is -2.08. The van der Waals surface area contributed by atoms with E-state index in [1.54, 1.807) is 9.13 Å². The molecule has 0 fully saturated rings. The van der Waals surface area contributed by atoms with E-state index in [-0.39, 0.29) is 24.9 Å². The highest BCUT2D eigenvalue weighted by atomic mass is 79.9. The summed E-state index contributed by atoms with van der Waals surface area (Å²) in [6.07, 6.45) is 16.7. The molecule has 10 aromatic heterocycles. The SMILES string of the molecule is Brc1cc(Br)c2[nH]cc(C3=Nc4c(c5cccnc5c5ncccc45)C3)c2c1.NCC(=O)n1c(-c2c[nH]c3ccccc23)[nH+]c2c3cc(N)ccc3c3ccccc3c21.NCC(=O)n1cc(-c2nc3c4cc(N)ccc4c4ccccc4c3[nH]2)c2ccccc21.c1ccc(COc2ccc3[nH]cc(C4=Nc5c(c6cccnc6c6ncccc56)C4)c3c2)cc1. The van der Waals surface area contributed by atoms with Gasteiger partial charge in [0.25, 0.3) is 5.82 Å². The number of nitrogens with zero attached hydrogens (tertiary/aromatic N) is 9. The Hall–Kier alpha value is -15.4. The summed E-state index contributed by atoms with van der Waals surface area (Å²) in [7, 11) is 0. The maximum atomic E-state index is 13.2. The largest absolute Gasteiger partial charge is 0.489 e. The highest BCUT2D eigenvalue weighted by Crippen LogP contribution is 2.47. The molecule has 2 aliphatic rings. The van der Waals surface area contributed by atoms with Crippen molar-refractivity contribution in [3.05, 3.63) is 329 Å². The van der Waals surface area contributed by atoms with Gasteiger partial charge in [0.2, 0.25) is 5.91 Å². The molecule has 23 heteroatoms. The quantitative estimate of drug-likeness (QED) is 0.0494. The van der Waals surface area contributed by atoms with Crippen LogP contribution in [-0.4, -0.2) is 90.3 Å². The van der Waals surface area contributed by atoms with Crippen molar-refractivity contribution in [1.29, 1.82) is 0 Å². The smallest absolute Gasteiger partial charge is 0.328 e. The molecule has 0 aliphatic carbocycles. The third-order valence-electron chi connectivity index (χ3n) is 23.7. The molecule has 0 unspecified atom stereocenters. The molecule has 596 valence electrons. The fourth-order valence-corrected chi connectivity index (χ4v) is 19.5. The average Bonchev–Trinajstić information content (AvgIpc) is 1.54. The Morgan fingerprint density at radius 2 is 0.960 bits per heavy atom. The van der Waals surface area contributed by atoms with E-state index in [0.29, 0.717) is 29.6 Å². The lowest BCUT2D eigenvalue weighted by Crippen LogP contribution is -2.23. The number of hydrogen-bond donors (Lipinski definition) is 8. The van der Waals surface area contributed by atoms with Gasteiger partial charge in [0.1, 0.15) is 18.2 Å². The number of aromatic nitrogens is 12. The van der Waals surface area contributed by atoms with Crippen LogP contribution in [0.15, 0.2) is 311 Å². The zero-order chi connectivity index (χ0) is 83.5. The van der Waals surface area contributed by atoms with Gasteiger partial charge in [-0.25, -0.2) is 14.8 Å². The summed E-state index contributed by atoms with van der Waals surface area (Å²) in [6, 6.07) is 80.9. The minimum absolute atomic E-state index is 0.0627. The van der Waals surface area contributed by atoms with Gasteiger partial charge in [-0.15, -0.1) is 0 Å². The van der Waals surface area contributed by atoms with Crippen LogP contribution in [0.5, 0.6) is 5.75 Å². The van der Waals surface area contributed by atoms with Gasteiger partial charge in [-0.05, 0) is 163 Å². The van der Waals surface area contributed by atoms with Crippen LogP contribution in [0, 0.1) is 0 Å². The van der Waals surface area contributed by atoms with E-state index in [4.69, 9.17) is 42.6 Å². The number of pyridine rings is 4. The van der Waals surface area contributed by atoms with Crippen molar-refractivity contribution in [1.82, 2.24) is 54.0 Å². The maximum Gasteiger partial charge on any atom is 0.328 e. The Labute approximate surface area is 721 Å². The summed E-state index contributed by atoms with van der Waals surface area (Å²) < 4.78 is 11.5. The molecular formula is C101H71Br2N18O3+. The third kappa shape index (κ3) is 12.6. The van der Waals surface area contributed by atoms with E-state index in [2.05, 4.69) is 156 Å². The number of benzene rings is 13. The number of carbonyl (C=O) groups is 2. The second-order valence-corrected chi connectivity index (χ2v) is 32.6. The molecule has 0 spiro atoms. The number of imidazole rings is 2. The van der Waals surface area contributed by atoms with Gasteiger partial charge in [0.05, 0.1) is 85.6 Å². The number of carbonyl (C=O) groups excluding carboxylic acids is 2. The maximum absolute atomic E-state index is 13.2. The molecule has 0 bridgehead atoms. The van der Waals surface area contributed by atoms with Crippen molar-refractivity contribution in [3.63, 3.8) is 0 Å². The number of nitrogen functional groups attached to an aromatic ring is 2. The van der Waals surface area contributed by atoms with Crippen LogP contribution in [0.25, 0.3) is 175 Å². The number of nitrogens with one attached hydrogen (secondary N) is 5. The standard InChI is InChI=1S/C29H20N4O.2C25H19N5O.C22H12Br2N4/c1-2-6-18(7-3-1)17-34-19-10-11-25-22(14-19)24(16-32-25)26-15-23-20-8-4-12-30-28(20)29-21(27(23)33-26)9-5-13-31-29;26-12-22(31)30-24-18-7-2-1-5-15(18)16-10-9-14(27)11-19(16)23(24)29-25(30)20-13-28-21-8-4-3-6-17(20)21;26-12-22(31)30-13-20(17-6-3-4-8-21(17)30)25-28-23-18-7-2-1-5-15(18)16-10-9-14(27)11-19(16)24(23)29-25;23-11-7-14-16(10-27-20(14)17(24)8-11)18-9-15-12-3-1-5-25-21(12)22-13(19(15)28-18)4-2-6-26-22/h1-14,16,32H,15,17H2;1-11,13,28H,12,26-27H2;1-11,13H,12,26-27H2,(H,28,29);1-8,10,27H,9H2/p+1. The van der Waals surface area contributed by atoms with E-state index < -0.39 is 0 Å². The number of hydrogen-bond acceptors (Lipinski definition) is 14. The van der Waals surface area contributed by atoms with Crippen molar-refractivity contribution in [2.45, 2.75) is 19.4 Å². The zero-order valence-electron chi connectivity index (χ0n) is 66.1. The molecule has 0 saturated carbocycles. The number of ether oxygens (including phenoxy) is 1. The molecule has 0 amide bonds. The Morgan fingerprint density at radius 3 is 1.62 bits per heavy atom. The molecule has 25 rings (SSSR count). The average molecular weight is 1740 g/mol. The molecule has 0 radical (unpaired) electrons. The Kier molecular flexibility index (Phi) is 18.3. The van der Waals surface area contributed by atoms with Gasteiger partial charge >= 0.3 is 5.91 Å². The third-order valence-corrected chi connectivity index (χ3v) is 24.8. The highest BCUT2D eigenvalue weighted by Gasteiger charge is 2.33. The van der Waals surface area contributed by atoms with Crippen LogP contribution in [0.1, 0.15) is 37.4 Å². The summed E-state index contributed by atoms with van der Waals surface area (Å²) >= 11 is 7.25. The van der Waals surface area contributed by atoms with E-state index in [1.807, 2.05) is 213 Å². The topological polar surface area (TPSA) is 324 Å². The molecule has 21 nitrogen and oxygen atoms in total. The van der Waals surface area contributed by atoms with Gasteiger partial charge in [0.15, 0.2) is 11.0 Å². The van der Waals surface area contributed by atoms with Crippen LogP contribution < -0.4 is 32.7 Å². The van der Waals surface area contributed by atoms with Gasteiger partial charge in [-0.3, -0.25) is 39.3 Å². The molecule has 0 saturated heterocycles. The predicted octanol–water partition coefficient (Wildman–Crippen LogP) is 21.7. The Bertz CT molecular complexity index is 8490. The van der Waals surface area contributed by atoms with Crippen molar-refractivity contribution < 1.29 is 19.3 Å². The number of anilines is 2. The molecule has 0 atom stereocenters. The lowest BCUT2D eigenvalue weighted by atomic mass is 9.98. The van der Waals surface area contributed by atoms with Crippen molar-refractivity contribution in [3.8, 4) is 28.5 Å². The van der Waals surface area contributed by atoms with E-state index in [1.165, 1.54) is 11.1 Å². The Balaban J connectivity index is 0.0000000985. The molecule has 124 heavy (non-hydrogen) atoms. The minimum atomic E-state index is -0.181. The second-order valence-electron chi connectivity index (χ2n) is 30.8. The number of para-hydroxylation sites is 2. The summed E-state index contributed by atoms with van der Waals surface area (Å²) in [5, 5.41) is 17.0. The van der Waals surface area contributed by atoms with Gasteiger partial charge in [-0.2, -0.15) is 4.57 Å². The highest BCUT2D eigenvalue weighted by molar-refractivity contribution is 9.11. The van der Waals surface area contributed by atoms with Gasteiger partial charge in [-0.1, -0.05) is 149 Å². The predicted molar refractivity (Wildman–Crippen MR) is 508 cm³/mol. The molecule has 23 aromatic rings. The van der Waals surface area contributed by atoms with Gasteiger partial charge in [0, 0.05) is 175 Å². The first-order valence-corrected chi connectivity index (χ1v) is 42.1. The first-order valence-electron chi connectivity index (χ1n) is 40.5. The Morgan fingerprint density at radius 1 is 0.435 bits per heavy atom. The number of rotatable bonds is 9. The first-order chi connectivity index (χ1) is 60.9. The number of aromatic amines is 5. The molecule has 13 aromatic carbocycles.